The van der Waals surface area contributed by atoms with Crippen LogP contribution in [0.1, 0.15) is 10.5 Å². The number of amides is 1. The third-order valence-corrected chi connectivity index (χ3v) is 2.46. The number of carbonyl (C=O) groups excluding carboxylic acids is 1. The molecule has 0 aliphatic heterocycles. The number of nitrogens with zero attached hydrogens (tertiary/aromatic N) is 3. The number of rotatable bonds is 3. The Morgan fingerprint density at radius 3 is 3.00 bits per heavy atom. The molecule has 1 amide bonds. The summed E-state index contributed by atoms with van der Waals surface area (Å²) in [6.07, 6.45) is 4.57. The van der Waals surface area contributed by atoms with E-state index in [2.05, 4.69) is 25.6 Å². The molecule has 0 spiro atoms. The lowest BCUT2D eigenvalue weighted by Crippen LogP contribution is -2.14. The van der Waals surface area contributed by atoms with Crippen molar-refractivity contribution < 1.29 is 4.79 Å². The molecule has 2 rings (SSSR count). The summed E-state index contributed by atoms with van der Waals surface area (Å²) in [5.74, 6) is 0.228. The van der Waals surface area contributed by atoms with Crippen LogP contribution in [0.2, 0.25) is 0 Å². The van der Waals surface area contributed by atoms with Crippen LogP contribution in [0.3, 0.4) is 0 Å². The summed E-state index contributed by atoms with van der Waals surface area (Å²) in [7, 11) is 1.71. The van der Waals surface area contributed by atoms with Crippen LogP contribution in [0.25, 0.3) is 0 Å². The van der Waals surface area contributed by atoms with Crippen LogP contribution in [-0.4, -0.2) is 27.9 Å². The monoisotopic (exact) mass is 235 g/mol. The highest BCUT2D eigenvalue weighted by Gasteiger charge is 2.09. The molecule has 0 unspecified atom stereocenters. The Morgan fingerprint density at radius 2 is 2.31 bits per heavy atom. The first-order valence-electron chi connectivity index (χ1n) is 4.50. The molecule has 0 aliphatic carbocycles. The minimum absolute atomic E-state index is 0.252. The Hall–Kier alpha value is -2.02. The van der Waals surface area contributed by atoms with E-state index in [4.69, 9.17) is 0 Å². The van der Waals surface area contributed by atoms with Gasteiger partial charge in [0.05, 0.1) is 12.4 Å². The average molecular weight is 235 g/mol. The molecule has 16 heavy (non-hydrogen) atoms. The minimum atomic E-state index is -0.320. The van der Waals surface area contributed by atoms with E-state index in [0.717, 1.165) is 0 Å². The highest BCUT2D eigenvalue weighted by molar-refractivity contribution is 7.13. The molecule has 0 fully saturated rings. The number of anilines is 2. The molecule has 0 aromatic carbocycles. The van der Waals surface area contributed by atoms with Gasteiger partial charge in [-0.3, -0.25) is 15.1 Å². The molecule has 0 radical (unpaired) electrons. The number of aromatic nitrogens is 3. The van der Waals surface area contributed by atoms with Crippen molar-refractivity contribution in [3.8, 4) is 0 Å². The van der Waals surface area contributed by atoms with Gasteiger partial charge < -0.3 is 5.32 Å². The molecule has 2 heterocycles. The summed E-state index contributed by atoms with van der Waals surface area (Å²) in [5.41, 5.74) is 0.252. The van der Waals surface area contributed by atoms with Crippen LogP contribution in [0.4, 0.5) is 10.9 Å². The molecule has 0 atom stereocenters. The summed E-state index contributed by atoms with van der Waals surface area (Å²) in [6.45, 7) is 0. The summed E-state index contributed by atoms with van der Waals surface area (Å²) in [4.78, 5) is 23.6. The molecule has 2 aromatic rings. The second-order valence-corrected chi connectivity index (χ2v) is 3.73. The third kappa shape index (κ3) is 2.31. The zero-order valence-corrected chi connectivity index (χ0v) is 9.28. The van der Waals surface area contributed by atoms with Crippen molar-refractivity contribution in [2.45, 2.75) is 0 Å². The topological polar surface area (TPSA) is 79.8 Å². The number of hydrogen-bond donors (Lipinski definition) is 2. The van der Waals surface area contributed by atoms with Crippen LogP contribution >= 0.6 is 11.3 Å². The molecular formula is C9H9N5OS. The average Bonchev–Trinajstić information content (AvgIpc) is 2.82. The van der Waals surface area contributed by atoms with Gasteiger partial charge in [0.2, 0.25) is 0 Å². The fourth-order valence-corrected chi connectivity index (χ4v) is 1.57. The van der Waals surface area contributed by atoms with Crippen molar-refractivity contribution in [1.29, 1.82) is 0 Å². The number of hydrogen-bond acceptors (Lipinski definition) is 6. The van der Waals surface area contributed by atoms with Crippen molar-refractivity contribution >= 4 is 28.2 Å². The van der Waals surface area contributed by atoms with Gasteiger partial charge in [0.25, 0.3) is 5.91 Å². The fraction of sp³-hybridized carbons (Fsp3) is 0.111. The highest BCUT2D eigenvalue weighted by Crippen LogP contribution is 2.11. The minimum Gasteiger partial charge on any atom is -0.372 e. The first kappa shape index (κ1) is 10.5. The van der Waals surface area contributed by atoms with Crippen LogP contribution < -0.4 is 10.6 Å². The van der Waals surface area contributed by atoms with Gasteiger partial charge >= 0.3 is 0 Å². The Morgan fingerprint density at radius 1 is 1.44 bits per heavy atom. The number of carbonyl (C=O) groups is 1. The van der Waals surface area contributed by atoms with E-state index in [9.17, 15) is 4.79 Å². The van der Waals surface area contributed by atoms with E-state index < -0.39 is 0 Å². The molecule has 6 nitrogen and oxygen atoms in total. The lowest BCUT2D eigenvalue weighted by molar-refractivity contribution is 0.102. The van der Waals surface area contributed by atoms with Crippen molar-refractivity contribution in [1.82, 2.24) is 15.0 Å². The van der Waals surface area contributed by atoms with Crippen molar-refractivity contribution in [3.05, 3.63) is 29.7 Å². The maximum absolute atomic E-state index is 11.7. The van der Waals surface area contributed by atoms with Crippen molar-refractivity contribution in [2.75, 3.05) is 17.7 Å². The van der Waals surface area contributed by atoms with Gasteiger partial charge in [-0.05, 0) is 0 Å². The SMILES string of the molecule is CNc1cncc(C(=O)Nc2nccs2)n1. The van der Waals surface area contributed by atoms with Gasteiger partial charge in [-0.15, -0.1) is 11.3 Å². The van der Waals surface area contributed by atoms with Gasteiger partial charge in [-0.2, -0.15) is 0 Å². The lowest BCUT2D eigenvalue weighted by Gasteiger charge is -2.02. The van der Waals surface area contributed by atoms with Crippen molar-refractivity contribution in [2.24, 2.45) is 0 Å². The highest BCUT2D eigenvalue weighted by atomic mass is 32.1. The van der Waals surface area contributed by atoms with E-state index >= 15 is 0 Å². The second-order valence-electron chi connectivity index (χ2n) is 2.83. The van der Waals surface area contributed by atoms with Crippen LogP contribution in [0.5, 0.6) is 0 Å². The largest absolute Gasteiger partial charge is 0.372 e. The summed E-state index contributed by atoms with van der Waals surface area (Å²) in [5, 5.41) is 7.77. The number of thiazole rings is 1. The fourth-order valence-electron chi connectivity index (χ4n) is 1.04. The van der Waals surface area contributed by atoms with E-state index in [1.807, 2.05) is 0 Å². The zero-order valence-electron chi connectivity index (χ0n) is 8.47. The van der Waals surface area contributed by atoms with E-state index in [-0.39, 0.29) is 11.6 Å². The van der Waals surface area contributed by atoms with E-state index in [1.54, 1.807) is 24.8 Å². The molecule has 0 aliphatic rings. The van der Waals surface area contributed by atoms with Gasteiger partial charge in [-0.1, -0.05) is 0 Å². The molecular weight excluding hydrogens is 226 g/mol. The molecule has 7 heteroatoms. The zero-order chi connectivity index (χ0) is 11.4. The first-order chi connectivity index (χ1) is 7.79. The van der Waals surface area contributed by atoms with Gasteiger partial charge in [0, 0.05) is 18.6 Å². The summed E-state index contributed by atoms with van der Waals surface area (Å²) in [6, 6.07) is 0. The van der Waals surface area contributed by atoms with Crippen LogP contribution in [0, 0.1) is 0 Å². The van der Waals surface area contributed by atoms with Gasteiger partial charge in [0.1, 0.15) is 11.5 Å². The molecule has 82 valence electrons. The smallest absolute Gasteiger partial charge is 0.277 e. The number of nitrogens with one attached hydrogen (secondary N) is 2. The quantitative estimate of drug-likeness (QED) is 0.836. The molecule has 0 saturated carbocycles. The Balaban J connectivity index is 2.14. The Kier molecular flexibility index (Phi) is 3.06. The van der Waals surface area contributed by atoms with Gasteiger partial charge in [0.15, 0.2) is 5.13 Å². The molecule has 2 aromatic heterocycles. The molecule has 2 N–H and O–H groups in total. The predicted octanol–water partition coefficient (Wildman–Crippen LogP) is 1.23. The van der Waals surface area contributed by atoms with Crippen LogP contribution in [0.15, 0.2) is 24.0 Å². The summed E-state index contributed by atoms with van der Waals surface area (Å²) >= 11 is 1.35. The van der Waals surface area contributed by atoms with E-state index in [0.29, 0.717) is 10.9 Å². The predicted molar refractivity (Wildman–Crippen MR) is 61.6 cm³/mol. The molecule has 0 saturated heterocycles. The van der Waals surface area contributed by atoms with Gasteiger partial charge in [-0.25, -0.2) is 9.97 Å². The third-order valence-electron chi connectivity index (χ3n) is 1.78. The molecule has 0 bridgehead atoms. The Bertz CT molecular complexity index is 484. The van der Waals surface area contributed by atoms with Crippen molar-refractivity contribution in [3.63, 3.8) is 0 Å². The maximum Gasteiger partial charge on any atom is 0.277 e. The normalized spacial score (nSPS) is 9.81. The first-order valence-corrected chi connectivity index (χ1v) is 5.38. The Labute approximate surface area is 95.8 Å². The second kappa shape index (κ2) is 4.67. The van der Waals surface area contributed by atoms with E-state index in [1.165, 1.54) is 17.5 Å². The maximum atomic E-state index is 11.7. The lowest BCUT2D eigenvalue weighted by atomic mass is 10.4. The standard InChI is InChI=1S/C9H9N5OS/c1-10-7-5-11-4-6(13-7)8(15)14-9-12-2-3-16-9/h2-5H,1H3,(H,10,13)(H,12,14,15). The van der Waals surface area contributed by atoms with Crippen LogP contribution in [-0.2, 0) is 0 Å². The summed E-state index contributed by atoms with van der Waals surface area (Å²) < 4.78 is 0.